The zero-order chi connectivity index (χ0) is 13.0. The van der Waals surface area contributed by atoms with Crippen LogP contribution in [0.15, 0.2) is 61.2 Å². The minimum atomic E-state index is -0.104. The van der Waals surface area contributed by atoms with Gasteiger partial charge in [0.15, 0.2) is 0 Å². The van der Waals surface area contributed by atoms with Gasteiger partial charge in [0.1, 0.15) is 11.9 Å². The first-order chi connectivity index (χ1) is 8.70. The summed E-state index contributed by atoms with van der Waals surface area (Å²) in [5, 5.41) is 0. The van der Waals surface area contributed by atoms with Crippen molar-refractivity contribution < 1.29 is 4.74 Å². The lowest BCUT2D eigenvalue weighted by Gasteiger charge is -2.17. The van der Waals surface area contributed by atoms with Gasteiger partial charge in [-0.1, -0.05) is 54.6 Å². The van der Waals surface area contributed by atoms with Gasteiger partial charge in [-0.05, 0) is 37.1 Å². The van der Waals surface area contributed by atoms with Gasteiger partial charge in [0.2, 0.25) is 0 Å². The monoisotopic (exact) mass is 238 g/mol. The van der Waals surface area contributed by atoms with Crippen molar-refractivity contribution in [3.05, 3.63) is 77.9 Å². The largest absolute Gasteiger partial charge is 0.481 e. The summed E-state index contributed by atoms with van der Waals surface area (Å²) < 4.78 is 6.02. The Morgan fingerprint density at radius 2 is 1.78 bits per heavy atom. The summed E-state index contributed by atoms with van der Waals surface area (Å²) in [4.78, 5) is 0. The van der Waals surface area contributed by atoms with Gasteiger partial charge >= 0.3 is 0 Å². The van der Waals surface area contributed by atoms with Gasteiger partial charge in [-0.3, -0.25) is 0 Å². The van der Waals surface area contributed by atoms with E-state index in [0.717, 1.165) is 16.9 Å². The molecule has 1 unspecified atom stereocenters. The van der Waals surface area contributed by atoms with Gasteiger partial charge in [-0.15, -0.1) is 0 Å². The Hall–Kier alpha value is -2.02. The van der Waals surface area contributed by atoms with Gasteiger partial charge in [0, 0.05) is 0 Å². The van der Waals surface area contributed by atoms with Crippen LogP contribution in [0.25, 0.3) is 0 Å². The first-order valence-electron chi connectivity index (χ1n) is 6.12. The van der Waals surface area contributed by atoms with E-state index in [9.17, 15) is 0 Å². The van der Waals surface area contributed by atoms with Crippen LogP contribution in [0.2, 0.25) is 0 Å². The third kappa shape index (κ3) is 2.80. The molecule has 92 valence electrons. The van der Waals surface area contributed by atoms with E-state index in [4.69, 9.17) is 4.74 Å². The minimum Gasteiger partial charge on any atom is -0.481 e. The first kappa shape index (κ1) is 12.4. The summed E-state index contributed by atoms with van der Waals surface area (Å²) >= 11 is 0. The highest BCUT2D eigenvalue weighted by Crippen LogP contribution is 2.26. The molecule has 0 aromatic heterocycles. The third-order valence-corrected chi connectivity index (χ3v) is 2.93. The Morgan fingerprint density at radius 1 is 1.06 bits per heavy atom. The lowest BCUT2D eigenvalue weighted by Crippen LogP contribution is -2.05. The molecule has 0 fully saturated rings. The number of hydrogen-bond donors (Lipinski definition) is 0. The van der Waals surface area contributed by atoms with Crippen molar-refractivity contribution in [3.8, 4) is 5.75 Å². The van der Waals surface area contributed by atoms with Crippen molar-refractivity contribution in [3.63, 3.8) is 0 Å². The summed E-state index contributed by atoms with van der Waals surface area (Å²) in [5.41, 5.74) is 3.51. The lowest BCUT2D eigenvalue weighted by molar-refractivity contribution is 0.254. The molecular formula is C17H18O. The molecule has 0 N–H and O–H groups in total. The molecule has 2 rings (SSSR count). The number of benzene rings is 2. The second-order valence-corrected chi connectivity index (χ2v) is 4.45. The highest BCUT2D eigenvalue weighted by Gasteiger charge is 2.10. The Kier molecular flexibility index (Phi) is 3.83. The van der Waals surface area contributed by atoms with Crippen molar-refractivity contribution in [2.45, 2.75) is 20.0 Å². The third-order valence-electron chi connectivity index (χ3n) is 2.93. The maximum atomic E-state index is 6.02. The number of ether oxygens (including phenoxy) is 1. The Morgan fingerprint density at radius 3 is 2.39 bits per heavy atom. The fourth-order valence-electron chi connectivity index (χ4n) is 1.96. The smallest absolute Gasteiger partial charge is 0.142 e. The molecule has 0 saturated heterocycles. The van der Waals surface area contributed by atoms with Gasteiger partial charge in [0.05, 0.1) is 0 Å². The second kappa shape index (κ2) is 5.54. The number of rotatable bonds is 4. The van der Waals surface area contributed by atoms with Gasteiger partial charge in [-0.2, -0.15) is 0 Å². The molecule has 1 atom stereocenters. The fourth-order valence-corrected chi connectivity index (χ4v) is 1.96. The predicted octanol–water partition coefficient (Wildman–Crippen LogP) is 4.61. The molecule has 0 aliphatic rings. The average Bonchev–Trinajstić information content (AvgIpc) is 2.39. The SMILES string of the molecule is C=CC(Oc1ccc(C)cc1C)c1ccccc1. The van der Waals surface area contributed by atoms with E-state index in [1.165, 1.54) is 5.56 Å². The molecule has 0 radical (unpaired) electrons. The normalized spacial score (nSPS) is 11.9. The molecule has 0 aliphatic carbocycles. The standard InChI is InChI=1S/C17H18O/c1-4-16(15-8-6-5-7-9-15)18-17-11-10-13(2)12-14(17)3/h4-12,16H,1H2,2-3H3. The van der Waals surface area contributed by atoms with Gasteiger partial charge in [0.25, 0.3) is 0 Å². The number of aryl methyl sites for hydroxylation is 2. The molecule has 18 heavy (non-hydrogen) atoms. The molecule has 2 aromatic rings. The zero-order valence-electron chi connectivity index (χ0n) is 10.9. The average molecular weight is 238 g/mol. The molecule has 0 aliphatic heterocycles. The van der Waals surface area contributed by atoms with E-state index < -0.39 is 0 Å². The maximum absolute atomic E-state index is 6.02. The van der Waals surface area contributed by atoms with Crippen molar-refractivity contribution in [2.24, 2.45) is 0 Å². The van der Waals surface area contributed by atoms with Crippen molar-refractivity contribution >= 4 is 0 Å². The quantitative estimate of drug-likeness (QED) is 0.707. The van der Waals surface area contributed by atoms with E-state index in [0.29, 0.717) is 0 Å². The Balaban J connectivity index is 2.23. The van der Waals surface area contributed by atoms with Gasteiger partial charge in [-0.25, -0.2) is 0 Å². The molecule has 0 amide bonds. The summed E-state index contributed by atoms with van der Waals surface area (Å²) in [6.07, 6.45) is 1.72. The lowest BCUT2D eigenvalue weighted by atomic mass is 10.1. The maximum Gasteiger partial charge on any atom is 0.142 e. The van der Waals surface area contributed by atoms with E-state index in [2.05, 4.69) is 44.7 Å². The van der Waals surface area contributed by atoms with Crippen LogP contribution in [0.3, 0.4) is 0 Å². The first-order valence-corrected chi connectivity index (χ1v) is 6.12. The van der Waals surface area contributed by atoms with Crippen molar-refractivity contribution in [2.75, 3.05) is 0 Å². The molecule has 0 spiro atoms. The molecule has 1 nitrogen and oxygen atoms in total. The summed E-state index contributed by atoms with van der Waals surface area (Å²) in [6.45, 7) is 8.00. The van der Waals surface area contributed by atoms with E-state index in [1.807, 2.05) is 30.3 Å². The van der Waals surface area contributed by atoms with Crippen LogP contribution in [0, 0.1) is 13.8 Å². The summed E-state index contributed by atoms with van der Waals surface area (Å²) in [6, 6.07) is 16.3. The van der Waals surface area contributed by atoms with E-state index in [1.54, 1.807) is 0 Å². The number of hydrogen-bond acceptors (Lipinski definition) is 1. The van der Waals surface area contributed by atoms with Crippen LogP contribution in [0.4, 0.5) is 0 Å². The summed E-state index contributed by atoms with van der Waals surface area (Å²) in [5.74, 6) is 0.911. The van der Waals surface area contributed by atoms with Crippen LogP contribution in [-0.2, 0) is 0 Å². The Bertz CT molecular complexity index is 529. The van der Waals surface area contributed by atoms with Crippen LogP contribution in [0.1, 0.15) is 22.8 Å². The highest BCUT2D eigenvalue weighted by atomic mass is 16.5. The van der Waals surface area contributed by atoms with Crippen molar-refractivity contribution in [1.29, 1.82) is 0 Å². The topological polar surface area (TPSA) is 9.23 Å². The summed E-state index contributed by atoms with van der Waals surface area (Å²) in [7, 11) is 0. The van der Waals surface area contributed by atoms with Crippen LogP contribution in [-0.4, -0.2) is 0 Å². The van der Waals surface area contributed by atoms with Crippen molar-refractivity contribution in [1.82, 2.24) is 0 Å². The van der Waals surface area contributed by atoms with Gasteiger partial charge < -0.3 is 4.74 Å². The highest BCUT2D eigenvalue weighted by molar-refractivity contribution is 5.36. The van der Waals surface area contributed by atoms with Crippen LogP contribution >= 0.6 is 0 Å². The van der Waals surface area contributed by atoms with Crippen LogP contribution in [0.5, 0.6) is 5.75 Å². The Labute approximate surface area is 109 Å². The molecule has 1 heteroatoms. The van der Waals surface area contributed by atoms with E-state index in [-0.39, 0.29) is 6.10 Å². The molecule has 0 saturated carbocycles. The second-order valence-electron chi connectivity index (χ2n) is 4.45. The van der Waals surface area contributed by atoms with E-state index >= 15 is 0 Å². The molecule has 0 heterocycles. The zero-order valence-corrected chi connectivity index (χ0v) is 10.9. The predicted molar refractivity (Wildman–Crippen MR) is 75.9 cm³/mol. The minimum absolute atomic E-state index is 0.104. The molecule has 2 aromatic carbocycles. The fraction of sp³-hybridized carbons (Fsp3) is 0.176. The molecular weight excluding hydrogens is 220 g/mol. The molecule has 0 bridgehead atoms. The van der Waals surface area contributed by atoms with Crippen LogP contribution < -0.4 is 4.74 Å².